The Balaban J connectivity index is 1.79. The van der Waals surface area contributed by atoms with Crippen molar-refractivity contribution in [1.29, 1.82) is 0 Å². The number of nitro groups is 1. The number of aromatic nitrogens is 1. The Bertz CT molecular complexity index is 1050. The molecule has 6 nitrogen and oxygen atoms in total. The maximum atomic E-state index is 12.6. The number of hydrogen-bond donors (Lipinski definition) is 1. The van der Waals surface area contributed by atoms with Crippen molar-refractivity contribution in [3.05, 3.63) is 79.3 Å². The van der Waals surface area contributed by atoms with E-state index in [1.165, 1.54) is 35.1 Å². The highest BCUT2D eigenvalue weighted by atomic mass is 35.5. The molecule has 8 heteroatoms. The standard InChI is InChI=1S/C20H18ClN3O3S/c1-11-4-6-14(7-5-11)20-23-13(3)18(28-20)12(2)22-19(25)16-9-8-15(24(26)27)10-17(16)21/h4-10,12H,1-3H3,(H,22,25). The van der Waals surface area contributed by atoms with Crippen LogP contribution in [0.2, 0.25) is 5.02 Å². The van der Waals surface area contributed by atoms with Crippen molar-refractivity contribution >= 4 is 34.5 Å². The van der Waals surface area contributed by atoms with Gasteiger partial charge in [-0.25, -0.2) is 4.98 Å². The van der Waals surface area contributed by atoms with Gasteiger partial charge in [-0.1, -0.05) is 41.4 Å². The van der Waals surface area contributed by atoms with Gasteiger partial charge < -0.3 is 5.32 Å². The summed E-state index contributed by atoms with van der Waals surface area (Å²) in [6, 6.07) is 11.6. The van der Waals surface area contributed by atoms with Gasteiger partial charge in [0.05, 0.1) is 32.1 Å². The molecule has 1 heterocycles. The molecule has 0 bridgehead atoms. The van der Waals surface area contributed by atoms with Crippen molar-refractivity contribution < 1.29 is 9.72 Å². The number of nitrogens with zero attached hydrogens (tertiary/aromatic N) is 2. The van der Waals surface area contributed by atoms with Crippen LogP contribution in [0.15, 0.2) is 42.5 Å². The van der Waals surface area contributed by atoms with Gasteiger partial charge in [-0.3, -0.25) is 14.9 Å². The molecule has 28 heavy (non-hydrogen) atoms. The zero-order chi connectivity index (χ0) is 20.4. The fourth-order valence-corrected chi connectivity index (χ4v) is 4.11. The highest BCUT2D eigenvalue weighted by molar-refractivity contribution is 7.15. The van der Waals surface area contributed by atoms with E-state index in [1.54, 1.807) is 0 Å². The monoisotopic (exact) mass is 415 g/mol. The van der Waals surface area contributed by atoms with Gasteiger partial charge in [0.15, 0.2) is 0 Å². The van der Waals surface area contributed by atoms with Crippen LogP contribution in [0.25, 0.3) is 10.6 Å². The van der Waals surface area contributed by atoms with Crippen LogP contribution in [-0.4, -0.2) is 15.8 Å². The lowest BCUT2D eigenvalue weighted by atomic mass is 10.1. The lowest BCUT2D eigenvalue weighted by Gasteiger charge is -2.13. The topological polar surface area (TPSA) is 85.1 Å². The van der Waals surface area contributed by atoms with Crippen molar-refractivity contribution in [3.8, 4) is 10.6 Å². The lowest BCUT2D eigenvalue weighted by molar-refractivity contribution is -0.384. The largest absolute Gasteiger partial charge is 0.345 e. The van der Waals surface area contributed by atoms with Crippen LogP contribution >= 0.6 is 22.9 Å². The van der Waals surface area contributed by atoms with Gasteiger partial charge in [0, 0.05) is 17.7 Å². The van der Waals surface area contributed by atoms with Gasteiger partial charge in [-0.05, 0) is 26.8 Å². The first-order valence-electron chi connectivity index (χ1n) is 8.55. The van der Waals surface area contributed by atoms with Gasteiger partial charge in [0.25, 0.3) is 11.6 Å². The van der Waals surface area contributed by atoms with E-state index < -0.39 is 10.8 Å². The van der Waals surface area contributed by atoms with E-state index in [9.17, 15) is 14.9 Å². The first-order chi connectivity index (χ1) is 13.3. The number of amides is 1. The highest BCUT2D eigenvalue weighted by Crippen LogP contribution is 2.32. The minimum atomic E-state index is -0.552. The van der Waals surface area contributed by atoms with Crippen LogP contribution in [0.4, 0.5) is 5.69 Å². The first-order valence-corrected chi connectivity index (χ1v) is 9.75. The van der Waals surface area contributed by atoms with E-state index >= 15 is 0 Å². The number of hydrogen-bond acceptors (Lipinski definition) is 5. The van der Waals surface area contributed by atoms with Crippen molar-refractivity contribution in [2.45, 2.75) is 26.8 Å². The number of aryl methyl sites for hydroxylation is 2. The van der Waals surface area contributed by atoms with Crippen LogP contribution < -0.4 is 5.32 Å². The van der Waals surface area contributed by atoms with Crippen molar-refractivity contribution in [3.63, 3.8) is 0 Å². The molecular formula is C20H18ClN3O3S. The third kappa shape index (κ3) is 4.21. The van der Waals surface area contributed by atoms with Crippen molar-refractivity contribution in [1.82, 2.24) is 10.3 Å². The predicted molar refractivity (Wildman–Crippen MR) is 111 cm³/mol. The van der Waals surface area contributed by atoms with Crippen LogP contribution in [-0.2, 0) is 0 Å². The van der Waals surface area contributed by atoms with E-state index in [1.807, 2.05) is 45.0 Å². The summed E-state index contributed by atoms with van der Waals surface area (Å²) in [6.45, 7) is 5.81. The minimum Gasteiger partial charge on any atom is -0.345 e. The Labute approximate surface area is 171 Å². The summed E-state index contributed by atoms with van der Waals surface area (Å²) in [5.41, 5.74) is 3.10. The molecule has 0 aliphatic carbocycles. The summed E-state index contributed by atoms with van der Waals surface area (Å²) in [4.78, 5) is 28.4. The molecule has 1 unspecified atom stereocenters. The molecular weight excluding hydrogens is 398 g/mol. The van der Waals surface area contributed by atoms with Crippen molar-refractivity contribution in [2.24, 2.45) is 0 Å². The summed E-state index contributed by atoms with van der Waals surface area (Å²) >= 11 is 7.58. The van der Waals surface area contributed by atoms with E-state index in [2.05, 4.69) is 10.3 Å². The smallest absolute Gasteiger partial charge is 0.270 e. The number of rotatable bonds is 5. The SMILES string of the molecule is Cc1ccc(-c2nc(C)c(C(C)NC(=O)c3ccc([N+](=O)[O-])cc3Cl)s2)cc1. The Hall–Kier alpha value is -2.77. The molecule has 0 aliphatic heterocycles. The van der Waals surface area contributed by atoms with Crippen LogP contribution in [0, 0.1) is 24.0 Å². The minimum absolute atomic E-state index is 0.0419. The highest BCUT2D eigenvalue weighted by Gasteiger charge is 2.20. The van der Waals surface area contributed by atoms with E-state index in [-0.39, 0.29) is 22.3 Å². The van der Waals surface area contributed by atoms with E-state index in [0.29, 0.717) is 0 Å². The molecule has 1 amide bonds. The second kappa shape index (κ2) is 8.08. The summed E-state index contributed by atoms with van der Waals surface area (Å²) in [5, 5.41) is 14.6. The third-order valence-electron chi connectivity index (χ3n) is 4.28. The maximum Gasteiger partial charge on any atom is 0.270 e. The molecule has 0 fully saturated rings. The Kier molecular flexibility index (Phi) is 5.76. The second-order valence-electron chi connectivity index (χ2n) is 6.45. The van der Waals surface area contributed by atoms with E-state index in [4.69, 9.17) is 11.6 Å². The van der Waals surface area contributed by atoms with E-state index in [0.717, 1.165) is 21.1 Å². The second-order valence-corrected chi connectivity index (χ2v) is 7.89. The van der Waals surface area contributed by atoms with Gasteiger partial charge in [-0.15, -0.1) is 11.3 Å². The molecule has 3 aromatic rings. The number of nitro benzene ring substituents is 1. The van der Waals surface area contributed by atoms with Gasteiger partial charge >= 0.3 is 0 Å². The Morgan fingerprint density at radius 3 is 2.50 bits per heavy atom. The number of halogens is 1. The Morgan fingerprint density at radius 2 is 1.89 bits per heavy atom. The average Bonchev–Trinajstić information content (AvgIpc) is 3.03. The molecule has 0 radical (unpaired) electrons. The number of carbonyl (C=O) groups is 1. The first kappa shape index (κ1) is 20.0. The van der Waals surface area contributed by atoms with Gasteiger partial charge in [0.1, 0.15) is 5.01 Å². The number of nitrogens with one attached hydrogen (secondary N) is 1. The molecule has 0 saturated carbocycles. The molecule has 0 saturated heterocycles. The average molecular weight is 416 g/mol. The Morgan fingerprint density at radius 1 is 1.21 bits per heavy atom. The number of carbonyl (C=O) groups excluding carboxylic acids is 1. The molecule has 1 N–H and O–H groups in total. The third-order valence-corrected chi connectivity index (χ3v) is 5.98. The molecule has 1 atom stereocenters. The maximum absolute atomic E-state index is 12.6. The van der Waals surface area contributed by atoms with Crippen LogP contribution in [0.5, 0.6) is 0 Å². The number of non-ortho nitro benzene ring substituents is 1. The summed E-state index contributed by atoms with van der Waals surface area (Å²) in [7, 11) is 0. The molecule has 0 spiro atoms. The zero-order valence-electron chi connectivity index (χ0n) is 15.5. The number of thiazole rings is 1. The summed E-state index contributed by atoms with van der Waals surface area (Å²) < 4.78 is 0. The lowest BCUT2D eigenvalue weighted by Crippen LogP contribution is -2.26. The zero-order valence-corrected chi connectivity index (χ0v) is 17.1. The van der Waals surface area contributed by atoms with Crippen LogP contribution in [0.3, 0.4) is 0 Å². The normalized spacial score (nSPS) is 11.9. The summed E-state index contributed by atoms with van der Waals surface area (Å²) in [5.74, 6) is -0.392. The quantitative estimate of drug-likeness (QED) is 0.441. The fraction of sp³-hybridized carbons (Fsp3) is 0.200. The molecule has 3 rings (SSSR count). The number of benzene rings is 2. The van der Waals surface area contributed by atoms with Crippen molar-refractivity contribution in [2.75, 3.05) is 0 Å². The fourth-order valence-electron chi connectivity index (χ4n) is 2.77. The molecule has 144 valence electrons. The van der Waals surface area contributed by atoms with Gasteiger partial charge in [0.2, 0.25) is 0 Å². The molecule has 1 aromatic heterocycles. The predicted octanol–water partition coefficient (Wildman–Crippen LogP) is 5.48. The van der Waals surface area contributed by atoms with Gasteiger partial charge in [-0.2, -0.15) is 0 Å². The molecule has 0 aliphatic rings. The van der Waals surface area contributed by atoms with Crippen LogP contribution in [0.1, 0.15) is 39.5 Å². The molecule has 2 aromatic carbocycles. The summed E-state index contributed by atoms with van der Waals surface area (Å²) in [6.07, 6.45) is 0.